The van der Waals surface area contributed by atoms with Crippen LogP contribution in [0.25, 0.3) is 0 Å². The number of piperidine rings is 1. The predicted octanol–water partition coefficient (Wildman–Crippen LogP) is -0.166. The van der Waals surface area contributed by atoms with E-state index in [0.717, 1.165) is 23.1 Å². The van der Waals surface area contributed by atoms with Crippen LogP contribution in [-0.4, -0.2) is 38.2 Å². The molecule has 1 aromatic carbocycles. The molecule has 21 heavy (non-hydrogen) atoms. The normalized spacial score (nSPS) is 19.9. The highest BCUT2D eigenvalue weighted by atomic mass is 32.2. The Morgan fingerprint density at radius 1 is 1.33 bits per heavy atom. The largest absolute Gasteiger partial charge is 0.399 e. The van der Waals surface area contributed by atoms with Crippen molar-refractivity contribution in [3.05, 3.63) is 24.0 Å². The van der Waals surface area contributed by atoms with E-state index in [1.807, 2.05) is 0 Å². The number of benzene rings is 1. The number of nitrogens with zero attached hydrogens (tertiary/aromatic N) is 1. The van der Waals surface area contributed by atoms with E-state index in [9.17, 15) is 22.4 Å². The summed E-state index contributed by atoms with van der Waals surface area (Å²) < 4.78 is 39.7. The third-order valence-corrected chi connectivity index (χ3v) is 4.60. The number of anilines is 1. The van der Waals surface area contributed by atoms with Crippen LogP contribution in [0.3, 0.4) is 0 Å². The van der Waals surface area contributed by atoms with Gasteiger partial charge in [0.1, 0.15) is 11.9 Å². The number of carbonyl (C=O) groups is 2. The summed E-state index contributed by atoms with van der Waals surface area (Å²) in [4.78, 5) is 23.7. The molecule has 1 saturated heterocycles. The van der Waals surface area contributed by atoms with Gasteiger partial charge < -0.3 is 5.73 Å². The first-order valence-electron chi connectivity index (χ1n) is 6.09. The molecule has 2 amide bonds. The average molecular weight is 315 g/mol. The van der Waals surface area contributed by atoms with Crippen LogP contribution in [0.5, 0.6) is 0 Å². The van der Waals surface area contributed by atoms with Crippen LogP contribution in [0.2, 0.25) is 0 Å². The molecule has 0 aromatic heterocycles. The smallest absolute Gasteiger partial charge is 0.247 e. The van der Waals surface area contributed by atoms with Gasteiger partial charge in [0.15, 0.2) is 0 Å². The minimum absolute atomic E-state index is 0.0439. The number of hydrogen-bond acceptors (Lipinski definition) is 5. The molecule has 2 rings (SSSR count). The summed E-state index contributed by atoms with van der Waals surface area (Å²) in [6.07, 6.45) is 0.118. The van der Waals surface area contributed by atoms with Crippen molar-refractivity contribution in [3.63, 3.8) is 0 Å². The van der Waals surface area contributed by atoms with Crippen LogP contribution in [-0.2, 0) is 19.6 Å². The second kappa shape index (κ2) is 5.41. The number of sulfonamides is 1. The van der Waals surface area contributed by atoms with E-state index in [2.05, 4.69) is 4.72 Å². The molecule has 1 aliphatic heterocycles. The summed E-state index contributed by atoms with van der Waals surface area (Å²) in [6, 6.07) is 1.83. The van der Waals surface area contributed by atoms with Gasteiger partial charge in [0.05, 0.1) is 4.90 Å². The van der Waals surface area contributed by atoms with Crippen molar-refractivity contribution in [2.75, 3.05) is 12.8 Å². The maximum absolute atomic E-state index is 13.2. The Morgan fingerprint density at radius 3 is 2.62 bits per heavy atom. The van der Waals surface area contributed by atoms with E-state index in [-0.39, 0.29) is 29.3 Å². The maximum atomic E-state index is 13.2. The van der Waals surface area contributed by atoms with Gasteiger partial charge in [0.25, 0.3) is 0 Å². The van der Waals surface area contributed by atoms with Gasteiger partial charge >= 0.3 is 0 Å². The lowest BCUT2D eigenvalue weighted by Crippen LogP contribution is -2.52. The number of nitrogen functional groups attached to an aromatic ring is 1. The molecule has 1 heterocycles. The second-order valence-corrected chi connectivity index (χ2v) is 6.44. The van der Waals surface area contributed by atoms with Crippen molar-refractivity contribution in [2.24, 2.45) is 0 Å². The third kappa shape index (κ3) is 3.19. The first-order chi connectivity index (χ1) is 9.70. The highest BCUT2D eigenvalue weighted by Crippen LogP contribution is 2.18. The van der Waals surface area contributed by atoms with Crippen molar-refractivity contribution in [1.29, 1.82) is 0 Å². The van der Waals surface area contributed by atoms with E-state index in [1.54, 1.807) is 0 Å². The SMILES string of the molecule is CN1C(=O)CCC(NS(=O)(=O)c2cc(N)cc(F)c2)C1=O. The van der Waals surface area contributed by atoms with Crippen LogP contribution in [0.15, 0.2) is 23.1 Å². The van der Waals surface area contributed by atoms with E-state index in [4.69, 9.17) is 5.73 Å². The zero-order valence-electron chi connectivity index (χ0n) is 11.2. The van der Waals surface area contributed by atoms with E-state index < -0.39 is 27.8 Å². The molecule has 1 aliphatic rings. The summed E-state index contributed by atoms with van der Waals surface area (Å²) in [6.45, 7) is 0. The average Bonchev–Trinajstić information content (AvgIpc) is 2.38. The minimum Gasteiger partial charge on any atom is -0.399 e. The summed E-state index contributed by atoms with van der Waals surface area (Å²) in [5, 5.41) is 0. The van der Waals surface area contributed by atoms with Gasteiger partial charge in [-0.05, 0) is 24.6 Å². The number of likely N-dealkylation sites (tertiary alicyclic amines) is 1. The highest BCUT2D eigenvalue weighted by Gasteiger charge is 2.34. The molecule has 1 unspecified atom stereocenters. The molecule has 0 radical (unpaired) electrons. The van der Waals surface area contributed by atoms with Crippen molar-refractivity contribution in [1.82, 2.24) is 9.62 Å². The quantitative estimate of drug-likeness (QED) is 0.594. The second-order valence-electron chi connectivity index (χ2n) is 4.72. The fourth-order valence-corrected chi connectivity index (χ4v) is 3.31. The maximum Gasteiger partial charge on any atom is 0.247 e. The Morgan fingerprint density at radius 2 is 2.00 bits per heavy atom. The van der Waals surface area contributed by atoms with Crippen molar-refractivity contribution in [2.45, 2.75) is 23.8 Å². The molecule has 3 N–H and O–H groups in total. The Hall–Kier alpha value is -2.00. The summed E-state index contributed by atoms with van der Waals surface area (Å²) >= 11 is 0. The monoisotopic (exact) mass is 315 g/mol. The van der Waals surface area contributed by atoms with Crippen LogP contribution in [0, 0.1) is 5.82 Å². The van der Waals surface area contributed by atoms with Gasteiger partial charge in [-0.15, -0.1) is 0 Å². The number of nitrogens with one attached hydrogen (secondary N) is 1. The Kier molecular flexibility index (Phi) is 3.97. The predicted molar refractivity (Wildman–Crippen MR) is 71.9 cm³/mol. The fraction of sp³-hybridized carbons (Fsp3) is 0.333. The number of nitrogens with two attached hydrogens (primary N) is 1. The molecule has 9 heteroatoms. The summed E-state index contributed by atoms with van der Waals surface area (Å²) in [5.74, 6) is -1.80. The Bertz CT molecular complexity index is 684. The number of carbonyl (C=O) groups excluding carboxylic acids is 2. The van der Waals surface area contributed by atoms with Gasteiger partial charge in [0.2, 0.25) is 21.8 Å². The van der Waals surface area contributed by atoms with E-state index in [1.165, 1.54) is 7.05 Å². The first-order valence-corrected chi connectivity index (χ1v) is 7.58. The van der Waals surface area contributed by atoms with Crippen LogP contribution in [0.1, 0.15) is 12.8 Å². The zero-order chi connectivity index (χ0) is 15.8. The lowest BCUT2D eigenvalue weighted by Gasteiger charge is -2.28. The topological polar surface area (TPSA) is 110 Å². The number of rotatable bonds is 3. The van der Waals surface area contributed by atoms with Crippen molar-refractivity contribution >= 4 is 27.5 Å². The molecule has 0 aliphatic carbocycles. The van der Waals surface area contributed by atoms with Gasteiger partial charge in [-0.3, -0.25) is 14.5 Å². The molecule has 0 saturated carbocycles. The zero-order valence-corrected chi connectivity index (χ0v) is 12.0. The van der Waals surface area contributed by atoms with Crippen molar-refractivity contribution in [3.8, 4) is 0 Å². The lowest BCUT2D eigenvalue weighted by atomic mass is 10.1. The molecule has 114 valence electrons. The minimum atomic E-state index is -4.11. The van der Waals surface area contributed by atoms with Gasteiger partial charge in [0, 0.05) is 19.2 Å². The molecule has 1 atom stereocenters. The van der Waals surface area contributed by atoms with E-state index in [0.29, 0.717) is 0 Å². The molecule has 0 spiro atoms. The van der Waals surface area contributed by atoms with E-state index >= 15 is 0 Å². The lowest BCUT2D eigenvalue weighted by molar-refractivity contribution is -0.147. The number of halogens is 1. The van der Waals surface area contributed by atoms with Crippen LogP contribution < -0.4 is 10.5 Å². The summed E-state index contributed by atoms with van der Waals surface area (Å²) in [5.41, 5.74) is 5.36. The standard InChI is InChI=1S/C12H14FN3O4S/c1-16-11(17)3-2-10(12(16)18)15-21(19,20)9-5-7(13)4-8(14)6-9/h4-6,10,15H,2-3,14H2,1H3. The fourth-order valence-electron chi connectivity index (χ4n) is 2.02. The number of hydrogen-bond donors (Lipinski definition) is 2. The first kappa shape index (κ1) is 15.4. The van der Waals surface area contributed by atoms with Crippen LogP contribution in [0.4, 0.5) is 10.1 Å². The molecular weight excluding hydrogens is 301 g/mol. The van der Waals surface area contributed by atoms with Gasteiger partial charge in [-0.25, -0.2) is 12.8 Å². The van der Waals surface area contributed by atoms with Gasteiger partial charge in [-0.1, -0.05) is 0 Å². The molecule has 7 nitrogen and oxygen atoms in total. The third-order valence-electron chi connectivity index (χ3n) is 3.15. The van der Waals surface area contributed by atoms with Gasteiger partial charge in [-0.2, -0.15) is 4.72 Å². The molecular formula is C12H14FN3O4S. The Labute approximate surface area is 121 Å². The molecule has 1 fully saturated rings. The van der Waals surface area contributed by atoms with Crippen LogP contribution >= 0.6 is 0 Å². The van der Waals surface area contributed by atoms with Crippen molar-refractivity contribution < 1.29 is 22.4 Å². The Balaban J connectivity index is 2.25. The summed E-state index contributed by atoms with van der Waals surface area (Å²) in [7, 11) is -2.82. The highest BCUT2D eigenvalue weighted by molar-refractivity contribution is 7.89. The molecule has 1 aromatic rings. The number of imide groups is 1. The number of amides is 2. The number of likely N-dealkylation sites (N-methyl/N-ethyl adjacent to an activating group) is 1. The molecule has 0 bridgehead atoms.